The minimum atomic E-state index is -0.198. The SMILES string of the molecule is Cc1cc(F)ccc1C(NN)C1CC2CCC1O2. The predicted molar refractivity (Wildman–Crippen MR) is 67.2 cm³/mol. The number of halogens is 1. The molecular weight excluding hydrogens is 231 g/mol. The van der Waals surface area contributed by atoms with Crippen molar-refractivity contribution in [3.63, 3.8) is 0 Å². The van der Waals surface area contributed by atoms with E-state index in [2.05, 4.69) is 5.43 Å². The number of ether oxygens (including phenoxy) is 1. The van der Waals surface area contributed by atoms with Crippen LogP contribution in [-0.2, 0) is 4.74 Å². The number of hydrogen-bond acceptors (Lipinski definition) is 3. The molecule has 4 unspecified atom stereocenters. The van der Waals surface area contributed by atoms with Gasteiger partial charge in [0.2, 0.25) is 0 Å². The van der Waals surface area contributed by atoms with Crippen LogP contribution in [0.25, 0.3) is 0 Å². The van der Waals surface area contributed by atoms with Crippen molar-refractivity contribution in [2.24, 2.45) is 11.8 Å². The summed E-state index contributed by atoms with van der Waals surface area (Å²) in [5.74, 6) is 5.93. The van der Waals surface area contributed by atoms with Crippen molar-refractivity contribution in [2.45, 2.75) is 44.4 Å². The Morgan fingerprint density at radius 3 is 2.83 bits per heavy atom. The molecule has 2 bridgehead atoms. The molecule has 0 aliphatic carbocycles. The van der Waals surface area contributed by atoms with Gasteiger partial charge in [-0.15, -0.1) is 0 Å². The van der Waals surface area contributed by atoms with E-state index in [1.165, 1.54) is 12.5 Å². The molecule has 2 aliphatic heterocycles. The van der Waals surface area contributed by atoms with Crippen LogP contribution in [0, 0.1) is 18.7 Å². The van der Waals surface area contributed by atoms with Crippen molar-refractivity contribution in [2.75, 3.05) is 0 Å². The molecule has 3 N–H and O–H groups in total. The van der Waals surface area contributed by atoms with Gasteiger partial charge < -0.3 is 4.74 Å². The molecule has 4 heteroatoms. The first-order valence-corrected chi connectivity index (χ1v) is 6.56. The monoisotopic (exact) mass is 250 g/mol. The molecule has 2 aliphatic rings. The van der Waals surface area contributed by atoms with Gasteiger partial charge in [-0.1, -0.05) is 6.07 Å². The zero-order valence-electron chi connectivity index (χ0n) is 10.5. The zero-order valence-corrected chi connectivity index (χ0v) is 10.5. The van der Waals surface area contributed by atoms with Crippen LogP contribution in [0.15, 0.2) is 18.2 Å². The maximum Gasteiger partial charge on any atom is 0.123 e. The molecule has 3 rings (SSSR count). The van der Waals surface area contributed by atoms with Crippen molar-refractivity contribution < 1.29 is 9.13 Å². The third-order valence-electron chi connectivity index (χ3n) is 4.33. The van der Waals surface area contributed by atoms with Gasteiger partial charge in [0.15, 0.2) is 0 Å². The molecule has 0 saturated carbocycles. The Morgan fingerprint density at radius 1 is 1.44 bits per heavy atom. The summed E-state index contributed by atoms with van der Waals surface area (Å²) in [5.41, 5.74) is 4.93. The molecule has 0 amide bonds. The second-order valence-electron chi connectivity index (χ2n) is 5.42. The van der Waals surface area contributed by atoms with Crippen LogP contribution >= 0.6 is 0 Å². The first-order valence-electron chi connectivity index (χ1n) is 6.56. The molecule has 2 fully saturated rings. The van der Waals surface area contributed by atoms with E-state index >= 15 is 0 Å². The van der Waals surface area contributed by atoms with Crippen LogP contribution in [0.5, 0.6) is 0 Å². The van der Waals surface area contributed by atoms with E-state index in [1.807, 2.05) is 13.0 Å². The number of fused-ring (bicyclic) bond motifs is 2. The summed E-state index contributed by atoms with van der Waals surface area (Å²) in [4.78, 5) is 0. The fourth-order valence-electron chi connectivity index (χ4n) is 3.46. The lowest BCUT2D eigenvalue weighted by molar-refractivity contribution is 0.0856. The number of nitrogens with one attached hydrogen (secondary N) is 1. The lowest BCUT2D eigenvalue weighted by Gasteiger charge is -2.29. The normalized spacial score (nSPS) is 31.8. The highest BCUT2D eigenvalue weighted by Gasteiger charge is 2.44. The second kappa shape index (κ2) is 4.61. The molecule has 0 spiro atoms. The summed E-state index contributed by atoms with van der Waals surface area (Å²) >= 11 is 0. The van der Waals surface area contributed by atoms with Crippen molar-refractivity contribution in [3.8, 4) is 0 Å². The fraction of sp³-hybridized carbons (Fsp3) is 0.571. The van der Waals surface area contributed by atoms with Gasteiger partial charge in [-0.25, -0.2) is 4.39 Å². The number of hydrazine groups is 1. The Kier molecular flexibility index (Phi) is 3.09. The molecule has 1 aromatic carbocycles. The van der Waals surface area contributed by atoms with Crippen LogP contribution < -0.4 is 11.3 Å². The number of rotatable bonds is 3. The highest BCUT2D eigenvalue weighted by Crippen LogP contribution is 2.44. The Hall–Kier alpha value is -0.970. The van der Waals surface area contributed by atoms with Gasteiger partial charge in [-0.05, 0) is 49.4 Å². The standard InChI is InChI=1S/C14H19FN2O/c1-8-6-9(15)2-4-11(8)14(17-16)12-7-10-3-5-13(12)18-10/h2,4,6,10,12-14,17H,3,5,7,16H2,1H3. The van der Waals surface area contributed by atoms with E-state index in [4.69, 9.17) is 10.6 Å². The maximum atomic E-state index is 13.2. The average molecular weight is 250 g/mol. The lowest BCUT2D eigenvalue weighted by Crippen LogP contribution is -2.38. The van der Waals surface area contributed by atoms with Gasteiger partial charge >= 0.3 is 0 Å². The Balaban J connectivity index is 1.88. The van der Waals surface area contributed by atoms with Crippen LogP contribution in [0.2, 0.25) is 0 Å². The topological polar surface area (TPSA) is 47.3 Å². The van der Waals surface area contributed by atoms with Crippen LogP contribution in [-0.4, -0.2) is 12.2 Å². The van der Waals surface area contributed by atoms with Crippen molar-refractivity contribution in [1.82, 2.24) is 5.43 Å². The van der Waals surface area contributed by atoms with Gasteiger partial charge in [0.05, 0.1) is 18.2 Å². The van der Waals surface area contributed by atoms with Crippen molar-refractivity contribution in [1.29, 1.82) is 0 Å². The third-order valence-corrected chi connectivity index (χ3v) is 4.33. The van der Waals surface area contributed by atoms with E-state index in [1.54, 1.807) is 6.07 Å². The minimum absolute atomic E-state index is 0.0564. The molecular formula is C14H19FN2O. The summed E-state index contributed by atoms with van der Waals surface area (Å²) in [7, 11) is 0. The van der Waals surface area contributed by atoms with E-state index in [-0.39, 0.29) is 11.9 Å². The largest absolute Gasteiger partial charge is 0.375 e. The first-order chi connectivity index (χ1) is 8.69. The van der Waals surface area contributed by atoms with E-state index in [0.717, 1.165) is 24.0 Å². The quantitative estimate of drug-likeness (QED) is 0.638. The molecule has 0 radical (unpaired) electrons. The smallest absolute Gasteiger partial charge is 0.123 e. The summed E-state index contributed by atoms with van der Waals surface area (Å²) in [6.45, 7) is 1.93. The molecule has 98 valence electrons. The summed E-state index contributed by atoms with van der Waals surface area (Å²) in [5, 5.41) is 0. The van der Waals surface area contributed by atoms with Gasteiger partial charge in [0.25, 0.3) is 0 Å². The third kappa shape index (κ3) is 1.94. The van der Waals surface area contributed by atoms with Crippen molar-refractivity contribution >= 4 is 0 Å². The van der Waals surface area contributed by atoms with Crippen LogP contribution in [0.3, 0.4) is 0 Å². The first kappa shape index (κ1) is 12.1. The fourth-order valence-corrected chi connectivity index (χ4v) is 3.46. The Morgan fingerprint density at radius 2 is 2.28 bits per heavy atom. The van der Waals surface area contributed by atoms with E-state index in [9.17, 15) is 4.39 Å². The predicted octanol–water partition coefficient (Wildman–Crippen LogP) is 2.21. The average Bonchev–Trinajstić information content (AvgIpc) is 2.95. The molecule has 2 heterocycles. The number of aryl methyl sites for hydroxylation is 1. The van der Waals surface area contributed by atoms with Gasteiger partial charge in [-0.2, -0.15) is 0 Å². The Bertz CT molecular complexity index is 451. The molecule has 0 aromatic heterocycles. The van der Waals surface area contributed by atoms with Gasteiger partial charge in [-0.3, -0.25) is 11.3 Å². The minimum Gasteiger partial charge on any atom is -0.375 e. The van der Waals surface area contributed by atoms with E-state index in [0.29, 0.717) is 18.1 Å². The van der Waals surface area contributed by atoms with Crippen LogP contribution in [0.1, 0.15) is 36.4 Å². The Labute approximate surface area is 106 Å². The zero-order chi connectivity index (χ0) is 12.7. The molecule has 1 aromatic rings. The highest BCUT2D eigenvalue weighted by molar-refractivity contribution is 5.30. The van der Waals surface area contributed by atoms with Crippen LogP contribution in [0.4, 0.5) is 4.39 Å². The second-order valence-corrected chi connectivity index (χ2v) is 5.42. The summed E-state index contributed by atoms with van der Waals surface area (Å²) < 4.78 is 19.0. The molecule has 2 saturated heterocycles. The number of benzene rings is 1. The highest BCUT2D eigenvalue weighted by atomic mass is 19.1. The number of nitrogens with two attached hydrogens (primary N) is 1. The lowest BCUT2D eigenvalue weighted by atomic mass is 9.80. The summed E-state index contributed by atoms with van der Waals surface area (Å²) in [6, 6.07) is 4.95. The van der Waals surface area contributed by atoms with Gasteiger partial charge in [0.1, 0.15) is 5.82 Å². The maximum absolute atomic E-state index is 13.2. The van der Waals surface area contributed by atoms with E-state index < -0.39 is 0 Å². The number of hydrogen-bond donors (Lipinski definition) is 2. The molecule has 3 nitrogen and oxygen atoms in total. The molecule has 18 heavy (non-hydrogen) atoms. The summed E-state index contributed by atoms with van der Waals surface area (Å²) in [6.07, 6.45) is 4.04. The molecule has 4 atom stereocenters. The van der Waals surface area contributed by atoms with Crippen molar-refractivity contribution in [3.05, 3.63) is 35.1 Å². The van der Waals surface area contributed by atoms with Gasteiger partial charge in [0, 0.05) is 5.92 Å².